The number of anilines is 1. The van der Waals surface area contributed by atoms with Gasteiger partial charge in [0, 0.05) is 19.6 Å². The Morgan fingerprint density at radius 2 is 2.00 bits per heavy atom. The van der Waals surface area contributed by atoms with Crippen molar-refractivity contribution >= 4 is 15.9 Å². The average Bonchev–Trinajstić information content (AvgIpc) is 2.86. The molecule has 0 unspecified atom stereocenters. The third-order valence-corrected chi connectivity index (χ3v) is 4.70. The highest BCUT2D eigenvalue weighted by Crippen LogP contribution is 2.21. The fraction of sp³-hybridized carbons (Fsp3) is 0.500. The number of nitrogens with one attached hydrogen (secondary N) is 1. The minimum atomic E-state index is -3.42. The molecule has 1 fully saturated rings. The van der Waals surface area contributed by atoms with Crippen molar-refractivity contribution < 1.29 is 8.42 Å². The molecule has 0 aromatic heterocycles. The molecule has 1 aliphatic rings. The van der Waals surface area contributed by atoms with Crippen LogP contribution in [0.4, 0.5) is 5.69 Å². The summed E-state index contributed by atoms with van der Waals surface area (Å²) in [5, 5.41) is 0. The van der Waals surface area contributed by atoms with Crippen LogP contribution in [-0.4, -0.2) is 25.8 Å². The van der Waals surface area contributed by atoms with E-state index in [1.807, 2.05) is 19.1 Å². The summed E-state index contributed by atoms with van der Waals surface area (Å²) in [6.45, 7) is 3.48. The normalized spacial score (nSPS) is 17.0. The van der Waals surface area contributed by atoms with Gasteiger partial charge >= 0.3 is 10.2 Å². The minimum Gasteiger partial charge on any atom is -0.326 e. The molecule has 1 aromatic rings. The molecule has 0 radical (unpaired) electrons. The van der Waals surface area contributed by atoms with Crippen LogP contribution in [0.3, 0.4) is 0 Å². The van der Waals surface area contributed by atoms with Gasteiger partial charge in [-0.25, -0.2) is 0 Å². The second-order valence-corrected chi connectivity index (χ2v) is 6.24. The zero-order valence-corrected chi connectivity index (χ0v) is 11.3. The summed E-state index contributed by atoms with van der Waals surface area (Å²) >= 11 is 0. The zero-order valence-electron chi connectivity index (χ0n) is 10.5. The first-order valence-electron chi connectivity index (χ1n) is 6.10. The van der Waals surface area contributed by atoms with Crippen LogP contribution >= 0.6 is 0 Å². The Balaban J connectivity index is 2.22. The van der Waals surface area contributed by atoms with Crippen molar-refractivity contribution in [3.8, 4) is 0 Å². The maximum Gasteiger partial charge on any atom is 0.301 e. The van der Waals surface area contributed by atoms with Gasteiger partial charge in [0.25, 0.3) is 0 Å². The summed E-state index contributed by atoms with van der Waals surface area (Å²) < 4.78 is 28.4. The third kappa shape index (κ3) is 2.82. The number of aryl methyl sites for hydroxylation is 1. The van der Waals surface area contributed by atoms with Crippen molar-refractivity contribution in [3.05, 3.63) is 29.3 Å². The number of benzene rings is 1. The van der Waals surface area contributed by atoms with E-state index in [-0.39, 0.29) is 0 Å². The summed E-state index contributed by atoms with van der Waals surface area (Å²) in [4.78, 5) is 0. The topological polar surface area (TPSA) is 75.4 Å². The second kappa shape index (κ2) is 5.26. The molecule has 1 heterocycles. The summed E-state index contributed by atoms with van der Waals surface area (Å²) in [6, 6.07) is 5.58. The highest BCUT2D eigenvalue weighted by atomic mass is 32.2. The fourth-order valence-electron chi connectivity index (χ4n) is 2.04. The van der Waals surface area contributed by atoms with E-state index >= 15 is 0 Å². The van der Waals surface area contributed by atoms with Crippen LogP contribution in [-0.2, 0) is 16.8 Å². The molecule has 6 heteroatoms. The van der Waals surface area contributed by atoms with Crippen molar-refractivity contribution in [1.82, 2.24) is 4.31 Å². The minimum absolute atomic E-state index is 0.402. The molecule has 0 amide bonds. The van der Waals surface area contributed by atoms with E-state index in [0.717, 1.165) is 24.0 Å². The summed E-state index contributed by atoms with van der Waals surface area (Å²) in [7, 11) is -3.42. The lowest BCUT2D eigenvalue weighted by Gasteiger charge is -2.18. The Hall–Kier alpha value is -1.11. The van der Waals surface area contributed by atoms with E-state index in [4.69, 9.17) is 5.73 Å². The predicted molar refractivity (Wildman–Crippen MR) is 72.4 cm³/mol. The molecule has 0 saturated carbocycles. The highest BCUT2D eigenvalue weighted by molar-refractivity contribution is 7.90. The van der Waals surface area contributed by atoms with Gasteiger partial charge in [0.1, 0.15) is 0 Å². The molecule has 0 spiro atoms. The first-order chi connectivity index (χ1) is 8.53. The van der Waals surface area contributed by atoms with Crippen LogP contribution in [0.1, 0.15) is 24.0 Å². The van der Waals surface area contributed by atoms with Gasteiger partial charge in [-0.15, -0.1) is 0 Å². The molecule has 100 valence electrons. The van der Waals surface area contributed by atoms with Gasteiger partial charge < -0.3 is 5.73 Å². The molecule has 1 saturated heterocycles. The first kappa shape index (κ1) is 13.3. The monoisotopic (exact) mass is 269 g/mol. The Bertz CT molecular complexity index is 522. The Kier molecular flexibility index (Phi) is 3.89. The number of hydrogen-bond donors (Lipinski definition) is 2. The molecule has 1 aliphatic heterocycles. The summed E-state index contributed by atoms with van der Waals surface area (Å²) in [6.07, 6.45) is 1.87. The van der Waals surface area contributed by atoms with Gasteiger partial charge in [-0.3, -0.25) is 4.72 Å². The lowest BCUT2D eigenvalue weighted by molar-refractivity contribution is 0.482. The van der Waals surface area contributed by atoms with Crippen LogP contribution in [0, 0.1) is 6.92 Å². The third-order valence-electron chi connectivity index (χ3n) is 3.18. The molecule has 3 N–H and O–H groups in total. The SMILES string of the molecule is Cc1ccc(CN)cc1NS(=O)(=O)N1CCCC1. The van der Waals surface area contributed by atoms with Crippen LogP contribution < -0.4 is 10.5 Å². The smallest absolute Gasteiger partial charge is 0.301 e. The van der Waals surface area contributed by atoms with Crippen LogP contribution in [0.15, 0.2) is 18.2 Å². The van der Waals surface area contributed by atoms with Crippen LogP contribution in [0.2, 0.25) is 0 Å². The van der Waals surface area contributed by atoms with Gasteiger partial charge in [-0.05, 0) is 37.0 Å². The first-order valence-corrected chi connectivity index (χ1v) is 7.54. The van der Waals surface area contributed by atoms with Crippen molar-refractivity contribution in [3.63, 3.8) is 0 Å². The molecule has 1 aromatic carbocycles. The summed E-state index contributed by atoms with van der Waals surface area (Å²) in [5.74, 6) is 0. The molecule has 0 bridgehead atoms. The fourth-order valence-corrected chi connectivity index (χ4v) is 3.40. The quantitative estimate of drug-likeness (QED) is 0.862. The van der Waals surface area contributed by atoms with Crippen molar-refractivity contribution in [1.29, 1.82) is 0 Å². The number of nitrogens with zero attached hydrogens (tertiary/aromatic N) is 1. The van der Waals surface area contributed by atoms with E-state index in [1.165, 1.54) is 4.31 Å². The molecule has 18 heavy (non-hydrogen) atoms. The zero-order chi connectivity index (χ0) is 13.2. The maximum atomic E-state index is 12.1. The van der Waals surface area contributed by atoms with Crippen molar-refractivity contribution in [2.45, 2.75) is 26.3 Å². The molecule has 0 aliphatic carbocycles. The van der Waals surface area contributed by atoms with Crippen LogP contribution in [0.5, 0.6) is 0 Å². The van der Waals surface area contributed by atoms with E-state index in [0.29, 0.717) is 25.3 Å². The molecular weight excluding hydrogens is 250 g/mol. The molecule has 2 rings (SSSR count). The van der Waals surface area contributed by atoms with Gasteiger partial charge in [0.05, 0.1) is 5.69 Å². The lowest BCUT2D eigenvalue weighted by atomic mass is 10.1. The number of rotatable bonds is 4. The Morgan fingerprint density at radius 1 is 1.33 bits per heavy atom. The Labute approximate surface area is 108 Å². The Morgan fingerprint density at radius 3 is 2.61 bits per heavy atom. The standard InChI is InChI=1S/C12H19N3O2S/c1-10-4-5-11(9-13)8-12(10)14-18(16,17)15-6-2-3-7-15/h4-5,8,14H,2-3,6-7,9,13H2,1H3. The van der Waals surface area contributed by atoms with E-state index in [9.17, 15) is 8.42 Å². The highest BCUT2D eigenvalue weighted by Gasteiger charge is 2.25. The number of hydrogen-bond acceptors (Lipinski definition) is 3. The largest absolute Gasteiger partial charge is 0.326 e. The van der Waals surface area contributed by atoms with E-state index in [2.05, 4.69) is 4.72 Å². The average molecular weight is 269 g/mol. The van der Waals surface area contributed by atoms with Gasteiger partial charge in [0.2, 0.25) is 0 Å². The lowest BCUT2D eigenvalue weighted by Crippen LogP contribution is -2.33. The molecular formula is C12H19N3O2S. The molecule has 5 nitrogen and oxygen atoms in total. The molecule has 0 atom stereocenters. The predicted octanol–water partition coefficient (Wildman–Crippen LogP) is 1.21. The van der Waals surface area contributed by atoms with Gasteiger partial charge in [-0.1, -0.05) is 12.1 Å². The van der Waals surface area contributed by atoms with E-state index in [1.54, 1.807) is 6.07 Å². The maximum absolute atomic E-state index is 12.1. The van der Waals surface area contributed by atoms with Crippen LogP contribution in [0.25, 0.3) is 0 Å². The van der Waals surface area contributed by atoms with E-state index < -0.39 is 10.2 Å². The van der Waals surface area contributed by atoms with Crippen molar-refractivity contribution in [2.75, 3.05) is 17.8 Å². The van der Waals surface area contributed by atoms with Gasteiger partial charge in [0.15, 0.2) is 0 Å². The second-order valence-electron chi connectivity index (χ2n) is 4.57. The summed E-state index contributed by atoms with van der Waals surface area (Å²) in [5.41, 5.74) is 8.00. The van der Waals surface area contributed by atoms with Crippen molar-refractivity contribution in [2.24, 2.45) is 5.73 Å². The van der Waals surface area contributed by atoms with Gasteiger partial charge in [-0.2, -0.15) is 12.7 Å². The number of nitrogens with two attached hydrogens (primary N) is 1.